The molecule has 0 unspecified atom stereocenters. The Hall–Kier alpha value is -0.770. The van der Waals surface area contributed by atoms with E-state index in [1.165, 1.54) is 12.8 Å². The fraction of sp³-hybridized carbons (Fsp3) is 0.923. The molecular formula is C13H28N4. The van der Waals surface area contributed by atoms with E-state index in [1.54, 1.807) is 0 Å². The lowest BCUT2D eigenvalue weighted by Gasteiger charge is -2.30. The molecule has 0 aromatic heterocycles. The first-order valence-electron chi connectivity index (χ1n) is 6.72. The highest BCUT2D eigenvalue weighted by atomic mass is 15.3. The summed E-state index contributed by atoms with van der Waals surface area (Å²) in [5, 5.41) is 0. The number of rotatable bonds is 6. The Labute approximate surface area is 106 Å². The third kappa shape index (κ3) is 4.54. The number of guanidine groups is 1. The Morgan fingerprint density at radius 2 is 1.76 bits per heavy atom. The highest BCUT2D eigenvalue weighted by Gasteiger charge is 2.27. The highest BCUT2D eigenvalue weighted by molar-refractivity contribution is 5.78. The van der Waals surface area contributed by atoms with Gasteiger partial charge in [-0.05, 0) is 40.5 Å². The van der Waals surface area contributed by atoms with Crippen molar-refractivity contribution < 1.29 is 0 Å². The summed E-state index contributed by atoms with van der Waals surface area (Å²) in [5.41, 5.74) is 5.95. The van der Waals surface area contributed by atoms with Gasteiger partial charge < -0.3 is 10.6 Å². The molecule has 2 N–H and O–H groups in total. The third-order valence-corrected chi connectivity index (χ3v) is 3.41. The largest absolute Gasteiger partial charge is 0.370 e. The molecule has 1 saturated carbocycles. The molecule has 0 aromatic carbocycles. The molecule has 17 heavy (non-hydrogen) atoms. The smallest absolute Gasteiger partial charge is 0.191 e. The summed E-state index contributed by atoms with van der Waals surface area (Å²) < 4.78 is 0. The van der Waals surface area contributed by atoms with Gasteiger partial charge in [-0.25, -0.2) is 0 Å². The maximum absolute atomic E-state index is 5.95. The summed E-state index contributed by atoms with van der Waals surface area (Å²) in [6, 6.07) is 1.77. The number of nitrogens with zero attached hydrogens (tertiary/aromatic N) is 3. The van der Waals surface area contributed by atoms with Crippen LogP contribution in [0.4, 0.5) is 0 Å². The van der Waals surface area contributed by atoms with E-state index in [4.69, 9.17) is 5.73 Å². The molecule has 1 fully saturated rings. The van der Waals surface area contributed by atoms with Gasteiger partial charge >= 0.3 is 0 Å². The van der Waals surface area contributed by atoms with E-state index in [2.05, 4.69) is 42.5 Å². The first-order valence-corrected chi connectivity index (χ1v) is 6.72. The van der Waals surface area contributed by atoms with E-state index in [0.717, 1.165) is 13.1 Å². The van der Waals surface area contributed by atoms with Crippen molar-refractivity contribution in [3.63, 3.8) is 0 Å². The second-order valence-electron chi connectivity index (χ2n) is 5.51. The van der Waals surface area contributed by atoms with E-state index >= 15 is 0 Å². The molecule has 1 aliphatic rings. The van der Waals surface area contributed by atoms with Gasteiger partial charge in [0, 0.05) is 31.7 Å². The molecule has 4 nitrogen and oxygen atoms in total. The van der Waals surface area contributed by atoms with Gasteiger partial charge in [0.15, 0.2) is 5.96 Å². The molecule has 1 rings (SSSR count). The van der Waals surface area contributed by atoms with Crippen LogP contribution in [-0.2, 0) is 0 Å². The van der Waals surface area contributed by atoms with Gasteiger partial charge in [-0.1, -0.05) is 0 Å². The van der Waals surface area contributed by atoms with Gasteiger partial charge in [0.1, 0.15) is 0 Å². The zero-order valence-corrected chi connectivity index (χ0v) is 12.0. The summed E-state index contributed by atoms with van der Waals surface area (Å²) in [6.45, 7) is 10.7. The van der Waals surface area contributed by atoms with Crippen molar-refractivity contribution in [1.82, 2.24) is 9.80 Å². The minimum Gasteiger partial charge on any atom is -0.370 e. The lowest BCUT2D eigenvalue weighted by molar-refractivity contribution is 0.180. The molecule has 0 amide bonds. The van der Waals surface area contributed by atoms with Crippen LogP contribution in [0.1, 0.15) is 40.5 Å². The van der Waals surface area contributed by atoms with E-state index in [1.807, 2.05) is 7.05 Å². The van der Waals surface area contributed by atoms with Crippen molar-refractivity contribution in [2.45, 2.75) is 58.7 Å². The summed E-state index contributed by atoms with van der Waals surface area (Å²) >= 11 is 0. The molecule has 0 heterocycles. The van der Waals surface area contributed by atoms with Gasteiger partial charge in [0.25, 0.3) is 0 Å². The van der Waals surface area contributed by atoms with Crippen LogP contribution in [0.25, 0.3) is 0 Å². The van der Waals surface area contributed by atoms with Crippen LogP contribution in [-0.4, -0.2) is 54.0 Å². The highest BCUT2D eigenvalue weighted by Crippen LogP contribution is 2.24. The molecule has 0 bridgehead atoms. The first kappa shape index (κ1) is 14.3. The van der Waals surface area contributed by atoms with Crippen LogP contribution in [0, 0.1) is 0 Å². The predicted octanol–water partition coefficient (Wildman–Crippen LogP) is 1.51. The molecule has 0 aromatic rings. The van der Waals surface area contributed by atoms with Gasteiger partial charge in [-0.2, -0.15) is 0 Å². The van der Waals surface area contributed by atoms with Crippen molar-refractivity contribution in [1.29, 1.82) is 0 Å². The van der Waals surface area contributed by atoms with Crippen molar-refractivity contribution in [2.75, 3.05) is 20.1 Å². The molecule has 100 valence electrons. The summed E-state index contributed by atoms with van der Waals surface area (Å²) in [6.07, 6.45) is 2.52. The molecule has 1 aliphatic carbocycles. The standard InChI is InChI=1S/C13H28N4/c1-10(2)17(11(3)4)9-8-15-13(14)16(5)12-6-7-12/h10-12H,6-9H2,1-5H3,(H2,14,15). The third-order valence-electron chi connectivity index (χ3n) is 3.41. The van der Waals surface area contributed by atoms with Gasteiger partial charge in [0.2, 0.25) is 0 Å². The summed E-state index contributed by atoms with van der Waals surface area (Å²) in [5.74, 6) is 0.694. The monoisotopic (exact) mass is 240 g/mol. The average molecular weight is 240 g/mol. The van der Waals surface area contributed by atoms with Gasteiger partial charge in [-0.15, -0.1) is 0 Å². The number of hydrogen-bond donors (Lipinski definition) is 1. The van der Waals surface area contributed by atoms with Crippen LogP contribution in [0.5, 0.6) is 0 Å². The normalized spacial score (nSPS) is 17.3. The number of hydrogen-bond acceptors (Lipinski definition) is 2. The van der Waals surface area contributed by atoms with E-state index in [9.17, 15) is 0 Å². The van der Waals surface area contributed by atoms with Crippen molar-refractivity contribution in [3.8, 4) is 0 Å². The van der Waals surface area contributed by atoms with Crippen LogP contribution in [0.3, 0.4) is 0 Å². The second-order valence-corrected chi connectivity index (χ2v) is 5.51. The molecule has 0 spiro atoms. The fourth-order valence-corrected chi connectivity index (χ4v) is 2.15. The van der Waals surface area contributed by atoms with Crippen molar-refractivity contribution in [2.24, 2.45) is 10.7 Å². The SMILES string of the molecule is CC(C)N(CCN=C(N)N(C)C1CC1)C(C)C. The van der Waals surface area contributed by atoms with Crippen molar-refractivity contribution in [3.05, 3.63) is 0 Å². The second kappa shape index (κ2) is 6.24. The molecule has 0 atom stereocenters. The fourth-order valence-electron chi connectivity index (χ4n) is 2.15. The number of aliphatic imine (C=N–C) groups is 1. The first-order chi connectivity index (χ1) is 7.93. The Morgan fingerprint density at radius 1 is 1.24 bits per heavy atom. The van der Waals surface area contributed by atoms with Gasteiger partial charge in [-0.3, -0.25) is 9.89 Å². The lowest BCUT2D eigenvalue weighted by Crippen LogP contribution is -2.40. The average Bonchev–Trinajstić information content (AvgIpc) is 3.05. The van der Waals surface area contributed by atoms with Crippen LogP contribution in [0.15, 0.2) is 4.99 Å². The Bertz CT molecular complexity index is 248. The summed E-state index contributed by atoms with van der Waals surface area (Å²) in [7, 11) is 2.04. The Morgan fingerprint density at radius 3 is 2.18 bits per heavy atom. The zero-order chi connectivity index (χ0) is 13.0. The maximum atomic E-state index is 5.95. The van der Waals surface area contributed by atoms with E-state index in [-0.39, 0.29) is 0 Å². The quantitative estimate of drug-likeness (QED) is 0.565. The maximum Gasteiger partial charge on any atom is 0.191 e. The van der Waals surface area contributed by atoms with Crippen LogP contribution < -0.4 is 5.73 Å². The van der Waals surface area contributed by atoms with Crippen LogP contribution in [0.2, 0.25) is 0 Å². The Kier molecular flexibility index (Phi) is 5.25. The van der Waals surface area contributed by atoms with Gasteiger partial charge in [0.05, 0.1) is 6.54 Å². The zero-order valence-electron chi connectivity index (χ0n) is 12.0. The Balaban J connectivity index is 2.35. The minimum absolute atomic E-state index is 0.563. The summed E-state index contributed by atoms with van der Waals surface area (Å²) in [4.78, 5) is 9.01. The lowest BCUT2D eigenvalue weighted by atomic mass is 10.2. The molecule has 0 radical (unpaired) electrons. The topological polar surface area (TPSA) is 44.9 Å². The number of nitrogens with two attached hydrogens (primary N) is 1. The molecule has 4 heteroatoms. The molecule has 0 saturated heterocycles. The van der Waals surface area contributed by atoms with Crippen molar-refractivity contribution >= 4 is 5.96 Å². The molecule has 0 aliphatic heterocycles. The predicted molar refractivity (Wildman–Crippen MR) is 74.3 cm³/mol. The minimum atomic E-state index is 0.563. The van der Waals surface area contributed by atoms with Crippen LogP contribution >= 0.6 is 0 Å². The van der Waals surface area contributed by atoms with E-state index < -0.39 is 0 Å². The molecular weight excluding hydrogens is 212 g/mol. The van der Waals surface area contributed by atoms with E-state index in [0.29, 0.717) is 24.1 Å².